The number of ether oxygens (including phenoxy) is 1. The summed E-state index contributed by atoms with van der Waals surface area (Å²) in [6.07, 6.45) is 2.81. The lowest BCUT2D eigenvalue weighted by atomic mass is 9.87. The van der Waals surface area contributed by atoms with Crippen molar-refractivity contribution in [2.24, 2.45) is 13.0 Å². The van der Waals surface area contributed by atoms with Gasteiger partial charge in [0.25, 0.3) is 0 Å². The largest absolute Gasteiger partial charge is 0.489 e. The number of aryl methyl sites for hydroxylation is 2. The van der Waals surface area contributed by atoms with Gasteiger partial charge in [0.1, 0.15) is 16.5 Å². The Balaban J connectivity index is 1.28. The molecule has 0 radical (unpaired) electrons. The van der Waals surface area contributed by atoms with Gasteiger partial charge in [0.2, 0.25) is 5.95 Å². The van der Waals surface area contributed by atoms with Crippen LogP contribution >= 0.6 is 11.5 Å². The maximum Gasteiger partial charge on any atom is 0.306 e. The highest BCUT2D eigenvalue weighted by Crippen LogP contribution is 2.31. The molecular formula is C25H27N7O3S. The Labute approximate surface area is 212 Å². The number of aliphatic carboxylic acids is 1. The second kappa shape index (κ2) is 10.4. The van der Waals surface area contributed by atoms with Crippen molar-refractivity contribution in [3.05, 3.63) is 53.9 Å². The smallest absolute Gasteiger partial charge is 0.306 e. The number of benzene rings is 1. The maximum absolute atomic E-state index is 11.4. The van der Waals surface area contributed by atoms with Crippen LogP contribution in [-0.2, 0) is 18.4 Å². The van der Waals surface area contributed by atoms with Crippen molar-refractivity contribution < 1.29 is 14.6 Å². The van der Waals surface area contributed by atoms with E-state index in [1.54, 1.807) is 4.68 Å². The number of rotatable bonds is 8. The average Bonchev–Trinajstić information content (AvgIpc) is 3.51. The zero-order valence-electron chi connectivity index (χ0n) is 20.1. The van der Waals surface area contributed by atoms with Gasteiger partial charge < -0.3 is 15.2 Å². The van der Waals surface area contributed by atoms with E-state index < -0.39 is 5.97 Å². The van der Waals surface area contributed by atoms with E-state index in [1.165, 1.54) is 11.5 Å². The molecule has 2 N–H and O–H groups in total. The van der Waals surface area contributed by atoms with E-state index in [0.29, 0.717) is 42.5 Å². The fourth-order valence-corrected chi connectivity index (χ4v) is 5.04. The van der Waals surface area contributed by atoms with E-state index in [1.807, 2.05) is 56.4 Å². The number of carboxylic acids is 1. The van der Waals surface area contributed by atoms with Crippen LogP contribution in [0.5, 0.6) is 5.75 Å². The second-order valence-electron chi connectivity index (χ2n) is 8.87. The van der Waals surface area contributed by atoms with E-state index in [2.05, 4.69) is 25.0 Å². The molecule has 11 heteroatoms. The molecule has 4 aromatic rings. The third kappa shape index (κ3) is 5.20. The minimum Gasteiger partial charge on any atom is -0.489 e. The van der Waals surface area contributed by atoms with Crippen LogP contribution in [-0.4, -0.2) is 46.5 Å². The Kier molecular flexibility index (Phi) is 6.90. The van der Waals surface area contributed by atoms with Gasteiger partial charge in [-0.25, -0.2) is 9.67 Å². The molecule has 1 aliphatic rings. The molecule has 0 amide bonds. The number of aromatic nitrogens is 6. The van der Waals surface area contributed by atoms with Gasteiger partial charge in [0.05, 0.1) is 35.6 Å². The van der Waals surface area contributed by atoms with Gasteiger partial charge in [0, 0.05) is 12.6 Å². The molecule has 0 spiro atoms. The fraction of sp³-hybridized carbons (Fsp3) is 0.360. The molecule has 0 bridgehead atoms. The van der Waals surface area contributed by atoms with Gasteiger partial charge in [-0.1, -0.05) is 35.5 Å². The van der Waals surface area contributed by atoms with E-state index in [9.17, 15) is 9.90 Å². The second-order valence-corrected chi connectivity index (χ2v) is 9.62. The van der Waals surface area contributed by atoms with Crippen LogP contribution in [0.1, 0.15) is 37.1 Å². The predicted molar refractivity (Wildman–Crippen MR) is 136 cm³/mol. The predicted octanol–water partition coefficient (Wildman–Crippen LogP) is 4.34. The topological polar surface area (TPSA) is 128 Å². The van der Waals surface area contributed by atoms with Crippen molar-refractivity contribution in [1.29, 1.82) is 0 Å². The molecule has 1 aliphatic carbocycles. The molecule has 36 heavy (non-hydrogen) atoms. The van der Waals surface area contributed by atoms with Crippen LogP contribution in [0.15, 0.2) is 42.5 Å². The molecule has 3 heterocycles. The Morgan fingerprint density at radius 2 is 2.03 bits per heavy atom. The zero-order chi connectivity index (χ0) is 25.1. The molecular weight excluding hydrogens is 478 g/mol. The SMILES string of the molecule is Cc1nc(-c2nnn(C)c2CNc2nsc(-c3ccccc3)n2)ccc1O[C@H]1CCC[C@H](C(=O)O)C1. The average molecular weight is 506 g/mol. The third-order valence-corrected chi connectivity index (χ3v) is 7.12. The van der Waals surface area contributed by atoms with Gasteiger partial charge in [-0.2, -0.15) is 9.36 Å². The summed E-state index contributed by atoms with van der Waals surface area (Å²) in [5.41, 5.74) is 3.96. The lowest BCUT2D eigenvalue weighted by molar-refractivity contribution is -0.143. The number of nitrogens with one attached hydrogen (secondary N) is 1. The highest BCUT2D eigenvalue weighted by molar-refractivity contribution is 7.09. The van der Waals surface area contributed by atoms with Gasteiger partial charge in [-0.15, -0.1) is 5.10 Å². The first-order valence-electron chi connectivity index (χ1n) is 11.9. The summed E-state index contributed by atoms with van der Waals surface area (Å²) in [7, 11) is 1.84. The number of pyridine rings is 1. The Morgan fingerprint density at radius 1 is 1.19 bits per heavy atom. The third-order valence-electron chi connectivity index (χ3n) is 6.35. The Morgan fingerprint density at radius 3 is 2.81 bits per heavy atom. The van der Waals surface area contributed by atoms with Gasteiger partial charge in [-0.05, 0) is 56.3 Å². The minimum atomic E-state index is -0.749. The molecule has 0 aliphatic heterocycles. The standard InChI is InChI=1S/C25H27N7O3S/c1-15-21(35-18-10-6-9-17(13-18)24(33)34)12-11-19(27-15)22-20(32(2)31-29-22)14-26-25-28-23(36-30-25)16-7-4-3-5-8-16/h3-5,7-8,11-12,17-18H,6,9-10,13-14H2,1-2H3,(H,26,30)(H,33,34)/t17-,18-/m0/s1. The number of hydrogen-bond acceptors (Lipinski definition) is 9. The van der Waals surface area contributed by atoms with Crippen molar-refractivity contribution >= 4 is 23.5 Å². The number of nitrogens with zero attached hydrogens (tertiary/aromatic N) is 6. The van der Waals surface area contributed by atoms with Crippen LogP contribution in [0.25, 0.3) is 22.0 Å². The van der Waals surface area contributed by atoms with E-state index >= 15 is 0 Å². The highest BCUT2D eigenvalue weighted by Gasteiger charge is 2.28. The number of carboxylic acid groups (broad SMARTS) is 1. The molecule has 1 fully saturated rings. The summed E-state index contributed by atoms with van der Waals surface area (Å²) in [5, 5.41) is 22.0. The number of anilines is 1. The summed E-state index contributed by atoms with van der Waals surface area (Å²) >= 11 is 1.34. The summed E-state index contributed by atoms with van der Waals surface area (Å²) in [6, 6.07) is 13.7. The lowest BCUT2D eigenvalue weighted by Crippen LogP contribution is -2.29. The van der Waals surface area contributed by atoms with Crippen LogP contribution < -0.4 is 10.1 Å². The van der Waals surface area contributed by atoms with E-state index in [4.69, 9.17) is 9.72 Å². The molecule has 0 saturated heterocycles. The summed E-state index contributed by atoms with van der Waals surface area (Å²) in [4.78, 5) is 20.7. The maximum atomic E-state index is 11.4. The first-order chi connectivity index (χ1) is 17.5. The van der Waals surface area contributed by atoms with Crippen LogP contribution in [0.3, 0.4) is 0 Å². The summed E-state index contributed by atoms with van der Waals surface area (Å²) in [6.45, 7) is 2.32. The molecule has 2 atom stereocenters. The quantitative estimate of drug-likeness (QED) is 0.359. The molecule has 10 nitrogen and oxygen atoms in total. The molecule has 0 unspecified atom stereocenters. The normalized spacial score (nSPS) is 17.6. The van der Waals surface area contributed by atoms with Gasteiger partial charge in [-0.3, -0.25) is 4.79 Å². The van der Waals surface area contributed by atoms with Crippen LogP contribution in [0.4, 0.5) is 5.95 Å². The summed E-state index contributed by atoms with van der Waals surface area (Å²) < 4.78 is 12.3. The van der Waals surface area contributed by atoms with Crippen molar-refractivity contribution in [3.8, 4) is 27.7 Å². The minimum absolute atomic E-state index is 0.117. The van der Waals surface area contributed by atoms with Crippen molar-refractivity contribution in [1.82, 2.24) is 29.3 Å². The Bertz CT molecular complexity index is 1350. The summed E-state index contributed by atoms with van der Waals surface area (Å²) in [5.74, 6) is 0.118. The van der Waals surface area contributed by atoms with Gasteiger partial charge in [0.15, 0.2) is 0 Å². The monoisotopic (exact) mass is 505 g/mol. The molecule has 186 valence electrons. The van der Waals surface area contributed by atoms with Gasteiger partial charge >= 0.3 is 5.97 Å². The molecule has 5 rings (SSSR count). The number of hydrogen-bond donors (Lipinski definition) is 2. The number of carbonyl (C=O) groups is 1. The fourth-order valence-electron chi connectivity index (χ4n) is 4.39. The van der Waals surface area contributed by atoms with Crippen LogP contribution in [0, 0.1) is 12.8 Å². The molecule has 1 aromatic carbocycles. The molecule has 1 saturated carbocycles. The zero-order valence-corrected chi connectivity index (χ0v) is 20.9. The van der Waals surface area contributed by atoms with E-state index in [-0.39, 0.29) is 12.0 Å². The van der Waals surface area contributed by atoms with E-state index in [0.717, 1.165) is 34.8 Å². The van der Waals surface area contributed by atoms with Crippen molar-refractivity contribution in [2.75, 3.05) is 5.32 Å². The van der Waals surface area contributed by atoms with Crippen molar-refractivity contribution in [2.45, 2.75) is 45.3 Å². The lowest BCUT2D eigenvalue weighted by Gasteiger charge is -2.27. The van der Waals surface area contributed by atoms with Crippen LogP contribution in [0.2, 0.25) is 0 Å². The first kappa shape index (κ1) is 23.9. The highest BCUT2D eigenvalue weighted by atomic mass is 32.1. The Hall–Kier alpha value is -3.86. The van der Waals surface area contributed by atoms with Crippen molar-refractivity contribution in [3.63, 3.8) is 0 Å². The molecule has 3 aromatic heterocycles. The first-order valence-corrected chi connectivity index (χ1v) is 12.6.